The molecule has 1 amide bonds. The summed E-state index contributed by atoms with van der Waals surface area (Å²) in [5.74, 6) is -2.06. The molecule has 0 aliphatic heterocycles. The zero-order valence-corrected chi connectivity index (χ0v) is 21.1. The highest BCUT2D eigenvalue weighted by Gasteiger charge is 2.24. The van der Waals surface area contributed by atoms with E-state index in [1.807, 2.05) is 19.1 Å². The summed E-state index contributed by atoms with van der Waals surface area (Å²) in [5.41, 5.74) is 2.09. The lowest BCUT2D eigenvalue weighted by atomic mass is 9.83. The average molecular weight is 519 g/mol. The van der Waals surface area contributed by atoms with Gasteiger partial charge in [-0.2, -0.15) is 4.98 Å². The van der Waals surface area contributed by atoms with Gasteiger partial charge in [-0.25, -0.2) is 17.2 Å². The number of carbonyl (C=O) groups is 1. The minimum atomic E-state index is -4.08. The van der Waals surface area contributed by atoms with Gasteiger partial charge in [0.2, 0.25) is 0 Å². The number of benzene rings is 2. The Labute approximate surface area is 208 Å². The normalized spacial score (nSPS) is 15.5. The van der Waals surface area contributed by atoms with E-state index in [-0.39, 0.29) is 17.3 Å². The molecule has 1 atom stereocenters. The number of aryl methyl sites for hydroxylation is 1. The number of rotatable bonds is 7. The lowest BCUT2D eigenvalue weighted by molar-refractivity contribution is 0.0934. The molecule has 4 rings (SSSR count). The van der Waals surface area contributed by atoms with Gasteiger partial charge in [0.05, 0.1) is 6.04 Å². The highest BCUT2D eigenvalue weighted by molar-refractivity contribution is 7.90. The van der Waals surface area contributed by atoms with Crippen LogP contribution < -0.4 is 10.1 Å². The molecule has 1 N–H and O–H groups in total. The van der Waals surface area contributed by atoms with Gasteiger partial charge in [-0.15, -0.1) is 0 Å². The molecule has 1 unspecified atom stereocenters. The first-order valence-electron chi connectivity index (χ1n) is 11.8. The number of sulfone groups is 1. The molecule has 0 bridgehead atoms. The topological polar surface area (TPSA) is 98.5 Å². The Morgan fingerprint density at radius 3 is 2.44 bits per heavy atom. The number of nitrogens with zero attached hydrogens (tertiary/aromatic N) is 1. The summed E-state index contributed by atoms with van der Waals surface area (Å²) in [4.78, 5) is 15.8. The summed E-state index contributed by atoms with van der Waals surface area (Å²) >= 11 is 0. The van der Waals surface area contributed by atoms with Gasteiger partial charge in [-0.3, -0.25) is 4.79 Å². The molecule has 1 saturated carbocycles. The number of amides is 1. The highest BCUT2D eigenvalue weighted by Crippen LogP contribution is 2.39. The number of aromatic nitrogens is 1. The van der Waals surface area contributed by atoms with Crippen LogP contribution in [-0.2, 0) is 9.84 Å². The number of hydrogen-bond acceptors (Lipinski definition) is 6. The second-order valence-corrected chi connectivity index (χ2v) is 11.2. The highest BCUT2D eigenvalue weighted by atomic mass is 32.2. The van der Waals surface area contributed by atoms with E-state index < -0.39 is 38.3 Å². The van der Waals surface area contributed by atoms with Crippen molar-refractivity contribution in [2.24, 2.45) is 0 Å². The third-order valence-electron chi connectivity index (χ3n) is 6.37. The number of oxazole rings is 1. The van der Waals surface area contributed by atoms with E-state index in [2.05, 4.69) is 16.4 Å². The van der Waals surface area contributed by atoms with E-state index in [9.17, 15) is 22.0 Å². The third-order valence-corrected chi connectivity index (χ3v) is 7.50. The molecule has 3 aromatic rings. The van der Waals surface area contributed by atoms with Crippen molar-refractivity contribution in [3.8, 4) is 11.8 Å². The first-order chi connectivity index (χ1) is 17.0. The Morgan fingerprint density at radius 1 is 1.14 bits per heavy atom. The molecule has 1 heterocycles. The van der Waals surface area contributed by atoms with Crippen molar-refractivity contribution in [1.29, 1.82) is 0 Å². The fraction of sp³-hybridized carbons (Fsp3) is 0.385. The third kappa shape index (κ3) is 5.75. The van der Waals surface area contributed by atoms with Crippen LogP contribution in [0.3, 0.4) is 0 Å². The molecule has 10 heteroatoms. The van der Waals surface area contributed by atoms with Gasteiger partial charge in [-0.05, 0) is 67.5 Å². The minimum absolute atomic E-state index is 0.0580. The molecule has 1 fully saturated rings. The Bertz CT molecular complexity index is 1360. The van der Waals surface area contributed by atoms with E-state index >= 15 is 0 Å². The van der Waals surface area contributed by atoms with Gasteiger partial charge < -0.3 is 14.5 Å². The largest absolute Gasteiger partial charge is 0.416 e. The van der Waals surface area contributed by atoms with Gasteiger partial charge in [-0.1, -0.05) is 31.4 Å². The van der Waals surface area contributed by atoms with Crippen molar-refractivity contribution < 1.29 is 31.1 Å². The summed E-state index contributed by atoms with van der Waals surface area (Å²) in [7, 11) is -4.08. The zero-order valence-electron chi connectivity index (χ0n) is 20.3. The maximum Gasteiger partial charge on any atom is 0.399 e. The van der Waals surface area contributed by atoms with Crippen molar-refractivity contribution in [1.82, 2.24) is 10.3 Å². The standard InChI is InChI=1S/C26H28F2N2O5S/c1-15-9-10-19(17-7-5-4-6-8-17)23(11-15)35-26-30-22(14-34-26)25(31)29-16(2)18-12-20(27)24(21(28)13-18)36(3,32)33/h9-14,16-17H,4-8H2,1-3H3,(H,29,31). The molecule has 7 nitrogen and oxygen atoms in total. The molecule has 0 radical (unpaired) electrons. The van der Waals surface area contributed by atoms with Crippen LogP contribution in [0.5, 0.6) is 11.8 Å². The molecule has 0 saturated heterocycles. The van der Waals surface area contributed by atoms with Crippen LogP contribution in [-0.4, -0.2) is 25.6 Å². The average Bonchev–Trinajstić information content (AvgIpc) is 3.27. The van der Waals surface area contributed by atoms with Gasteiger partial charge in [0.25, 0.3) is 5.91 Å². The van der Waals surface area contributed by atoms with Crippen LogP contribution in [0.4, 0.5) is 8.78 Å². The van der Waals surface area contributed by atoms with E-state index in [0.717, 1.165) is 48.6 Å². The molecule has 1 aromatic heterocycles. The van der Waals surface area contributed by atoms with Crippen molar-refractivity contribution in [2.75, 3.05) is 6.26 Å². The maximum absolute atomic E-state index is 14.3. The summed E-state index contributed by atoms with van der Waals surface area (Å²) < 4.78 is 63.0. The van der Waals surface area contributed by atoms with Crippen LogP contribution in [0.15, 0.2) is 45.9 Å². The number of carbonyl (C=O) groups excluding carboxylic acids is 1. The van der Waals surface area contributed by atoms with Crippen LogP contribution >= 0.6 is 0 Å². The molecule has 0 spiro atoms. The maximum atomic E-state index is 14.3. The van der Waals surface area contributed by atoms with Gasteiger partial charge in [0, 0.05) is 6.26 Å². The fourth-order valence-electron chi connectivity index (χ4n) is 4.52. The smallest absolute Gasteiger partial charge is 0.399 e. The number of hydrogen-bond donors (Lipinski definition) is 1. The molecule has 36 heavy (non-hydrogen) atoms. The van der Waals surface area contributed by atoms with Crippen LogP contribution in [0.2, 0.25) is 0 Å². The Kier molecular flexibility index (Phi) is 7.44. The summed E-state index contributed by atoms with van der Waals surface area (Å²) in [6.45, 7) is 3.47. The second-order valence-electron chi connectivity index (χ2n) is 9.26. The Balaban J connectivity index is 1.48. The number of halogens is 2. The van der Waals surface area contributed by atoms with Gasteiger partial charge in [0.15, 0.2) is 15.5 Å². The monoisotopic (exact) mass is 518 g/mol. The Morgan fingerprint density at radius 2 is 1.81 bits per heavy atom. The molecular formula is C26H28F2N2O5S. The van der Waals surface area contributed by atoms with Crippen molar-refractivity contribution >= 4 is 15.7 Å². The SMILES string of the molecule is Cc1ccc(C2CCCCC2)c(Oc2nc(C(=O)NC(C)c3cc(F)c(S(C)(=O)=O)c(F)c3)co2)c1. The summed E-state index contributed by atoms with van der Waals surface area (Å²) in [6.07, 6.45) is 7.52. The van der Waals surface area contributed by atoms with Crippen molar-refractivity contribution in [3.63, 3.8) is 0 Å². The second kappa shape index (κ2) is 10.4. The molecule has 192 valence electrons. The fourth-order valence-corrected chi connectivity index (χ4v) is 5.35. The number of ether oxygens (including phenoxy) is 1. The predicted molar refractivity (Wildman–Crippen MR) is 129 cm³/mol. The molecule has 1 aliphatic rings. The van der Waals surface area contributed by atoms with E-state index in [4.69, 9.17) is 9.15 Å². The van der Waals surface area contributed by atoms with Gasteiger partial charge >= 0.3 is 6.08 Å². The lowest BCUT2D eigenvalue weighted by Crippen LogP contribution is -2.27. The quantitative estimate of drug-likeness (QED) is 0.412. The first-order valence-corrected chi connectivity index (χ1v) is 13.7. The lowest BCUT2D eigenvalue weighted by Gasteiger charge is -2.23. The van der Waals surface area contributed by atoms with Crippen LogP contribution in [0, 0.1) is 18.6 Å². The van der Waals surface area contributed by atoms with Crippen molar-refractivity contribution in [2.45, 2.75) is 62.8 Å². The summed E-state index contributed by atoms with van der Waals surface area (Å²) in [6, 6.07) is 6.94. The molecule has 2 aromatic carbocycles. The van der Waals surface area contributed by atoms with Crippen LogP contribution in [0.1, 0.15) is 78.2 Å². The van der Waals surface area contributed by atoms with Gasteiger partial charge in [0.1, 0.15) is 28.5 Å². The predicted octanol–water partition coefficient (Wildman–Crippen LogP) is 6.00. The summed E-state index contributed by atoms with van der Waals surface area (Å²) in [5, 5.41) is 2.57. The van der Waals surface area contributed by atoms with Crippen LogP contribution in [0.25, 0.3) is 0 Å². The molecular weight excluding hydrogens is 490 g/mol. The van der Waals surface area contributed by atoms with E-state index in [1.165, 1.54) is 26.2 Å². The zero-order chi connectivity index (χ0) is 26.0. The van der Waals surface area contributed by atoms with E-state index in [1.54, 1.807) is 0 Å². The van der Waals surface area contributed by atoms with Crippen molar-refractivity contribution in [3.05, 3.63) is 70.6 Å². The first kappa shape index (κ1) is 25.8. The van der Waals surface area contributed by atoms with E-state index in [0.29, 0.717) is 11.7 Å². The molecule has 1 aliphatic carbocycles. The minimum Gasteiger partial charge on any atom is -0.416 e. The Hall–Kier alpha value is -3.27. The number of nitrogens with one attached hydrogen (secondary N) is 1.